The van der Waals surface area contributed by atoms with E-state index in [0.29, 0.717) is 6.04 Å². The van der Waals surface area contributed by atoms with E-state index in [2.05, 4.69) is 44.6 Å². The Hall–Kier alpha value is -2.05. The van der Waals surface area contributed by atoms with Gasteiger partial charge in [-0.05, 0) is 74.7 Å². The summed E-state index contributed by atoms with van der Waals surface area (Å²) in [5.41, 5.74) is 3.75. The predicted molar refractivity (Wildman–Crippen MR) is 113 cm³/mol. The number of thiophene rings is 1. The molecule has 0 aromatic carbocycles. The van der Waals surface area contributed by atoms with E-state index >= 15 is 0 Å². The summed E-state index contributed by atoms with van der Waals surface area (Å²) >= 11 is 1.77. The lowest BCUT2D eigenvalue weighted by Crippen LogP contribution is -2.43. The lowest BCUT2D eigenvalue weighted by molar-refractivity contribution is 0.412. The SMILES string of the molecule is Cc1nc(N2CCC(NCCCc3ccncc3)CC2)c2scc(C)c2n1. The third kappa shape index (κ3) is 4.28. The maximum atomic E-state index is 4.77. The van der Waals surface area contributed by atoms with Crippen LogP contribution in [0, 0.1) is 13.8 Å². The Bertz CT molecular complexity index is 884. The van der Waals surface area contributed by atoms with E-state index in [1.807, 2.05) is 19.3 Å². The maximum absolute atomic E-state index is 4.77. The Balaban J connectivity index is 1.29. The highest BCUT2D eigenvalue weighted by molar-refractivity contribution is 7.18. The molecule has 142 valence electrons. The Morgan fingerprint density at radius 2 is 1.93 bits per heavy atom. The van der Waals surface area contributed by atoms with Gasteiger partial charge in [0.2, 0.25) is 0 Å². The summed E-state index contributed by atoms with van der Waals surface area (Å²) in [5, 5.41) is 5.94. The van der Waals surface area contributed by atoms with Crippen molar-refractivity contribution in [3.63, 3.8) is 0 Å². The number of nitrogens with zero attached hydrogens (tertiary/aromatic N) is 4. The van der Waals surface area contributed by atoms with Gasteiger partial charge in [-0.15, -0.1) is 11.3 Å². The van der Waals surface area contributed by atoms with E-state index in [1.165, 1.54) is 35.1 Å². The highest BCUT2D eigenvalue weighted by Gasteiger charge is 2.22. The van der Waals surface area contributed by atoms with Crippen molar-refractivity contribution in [2.45, 2.75) is 45.6 Å². The Kier molecular flexibility index (Phi) is 5.64. The number of piperidine rings is 1. The lowest BCUT2D eigenvalue weighted by Gasteiger charge is -2.33. The lowest BCUT2D eigenvalue weighted by atomic mass is 10.0. The highest BCUT2D eigenvalue weighted by atomic mass is 32.1. The van der Waals surface area contributed by atoms with Gasteiger partial charge in [0.15, 0.2) is 0 Å². The van der Waals surface area contributed by atoms with E-state index < -0.39 is 0 Å². The van der Waals surface area contributed by atoms with Crippen LogP contribution in [0.2, 0.25) is 0 Å². The maximum Gasteiger partial charge on any atom is 0.150 e. The second-order valence-corrected chi connectivity index (χ2v) is 8.24. The standard InChI is InChI=1S/C21H27N5S/c1-15-14-27-20-19(15)24-16(2)25-21(20)26-12-7-18(8-13-26)23-9-3-4-17-5-10-22-11-6-17/h5-6,10-11,14,18,23H,3-4,7-9,12-13H2,1-2H3. The molecular weight excluding hydrogens is 354 g/mol. The summed E-state index contributed by atoms with van der Waals surface area (Å²) in [6.07, 6.45) is 8.38. The van der Waals surface area contributed by atoms with Crippen molar-refractivity contribution in [1.29, 1.82) is 0 Å². The second-order valence-electron chi connectivity index (χ2n) is 7.37. The van der Waals surface area contributed by atoms with Crippen LogP contribution in [-0.4, -0.2) is 40.6 Å². The normalized spacial score (nSPS) is 15.6. The average Bonchev–Trinajstić information content (AvgIpc) is 3.07. The van der Waals surface area contributed by atoms with E-state index in [1.54, 1.807) is 11.3 Å². The molecule has 1 aliphatic rings. The van der Waals surface area contributed by atoms with Crippen LogP contribution >= 0.6 is 11.3 Å². The molecule has 0 saturated carbocycles. The summed E-state index contributed by atoms with van der Waals surface area (Å²) < 4.78 is 1.24. The summed E-state index contributed by atoms with van der Waals surface area (Å²) in [6, 6.07) is 4.83. The minimum Gasteiger partial charge on any atom is -0.355 e. The van der Waals surface area contributed by atoms with Gasteiger partial charge in [0.25, 0.3) is 0 Å². The molecule has 27 heavy (non-hydrogen) atoms. The van der Waals surface area contributed by atoms with Gasteiger partial charge in [0, 0.05) is 31.5 Å². The first-order chi connectivity index (χ1) is 13.2. The predicted octanol–water partition coefficient (Wildman–Crippen LogP) is 3.89. The van der Waals surface area contributed by atoms with Gasteiger partial charge in [-0.3, -0.25) is 4.98 Å². The van der Waals surface area contributed by atoms with Crippen molar-refractivity contribution in [3.8, 4) is 0 Å². The molecule has 0 spiro atoms. The van der Waals surface area contributed by atoms with Crippen LogP contribution in [0.5, 0.6) is 0 Å². The molecule has 0 atom stereocenters. The van der Waals surface area contributed by atoms with Crippen LogP contribution < -0.4 is 10.2 Å². The molecule has 0 bridgehead atoms. The van der Waals surface area contributed by atoms with Crippen LogP contribution in [-0.2, 0) is 6.42 Å². The molecule has 1 saturated heterocycles. The molecule has 1 fully saturated rings. The van der Waals surface area contributed by atoms with Crippen LogP contribution in [0.15, 0.2) is 29.9 Å². The van der Waals surface area contributed by atoms with Crippen molar-refractivity contribution in [2.24, 2.45) is 0 Å². The van der Waals surface area contributed by atoms with Gasteiger partial charge >= 0.3 is 0 Å². The van der Waals surface area contributed by atoms with Crippen molar-refractivity contribution in [1.82, 2.24) is 20.3 Å². The molecule has 3 aromatic heterocycles. The fraction of sp³-hybridized carbons (Fsp3) is 0.476. The Labute approximate surface area is 164 Å². The quantitative estimate of drug-likeness (QED) is 0.657. The van der Waals surface area contributed by atoms with Gasteiger partial charge in [-0.25, -0.2) is 9.97 Å². The van der Waals surface area contributed by atoms with Crippen LogP contribution in [0.1, 0.15) is 36.2 Å². The number of fused-ring (bicyclic) bond motifs is 1. The molecule has 0 aliphatic carbocycles. The first-order valence-corrected chi connectivity index (χ1v) is 10.7. The van der Waals surface area contributed by atoms with Gasteiger partial charge in [0.1, 0.15) is 11.6 Å². The van der Waals surface area contributed by atoms with Crippen LogP contribution in [0.4, 0.5) is 5.82 Å². The molecule has 0 unspecified atom stereocenters. The van der Waals surface area contributed by atoms with Crippen LogP contribution in [0.3, 0.4) is 0 Å². The largest absolute Gasteiger partial charge is 0.355 e. The number of aryl methyl sites for hydroxylation is 3. The third-order valence-corrected chi connectivity index (χ3v) is 6.39. The number of hydrogen-bond donors (Lipinski definition) is 1. The van der Waals surface area contributed by atoms with Gasteiger partial charge in [-0.1, -0.05) is 0 Å². The highest BCUT2D eigenvalue weighted by Crippen LogP contribution is 2.32. The topological polar surface area (TPSA) is 53.9 Å². The molecule has 5 nitrogen and oxygen atoms in total. The molecule has 4 rings (SSSR count). The number of anilines is 1. The number of rotatable bonds is 6. The summed E-state index contributed by atoms with van der Waals surface area (Å²) in [5.74, 6) is 2.00. The van der Waals surface area contributed by atoms with Crippen molar-refractivity contribution in [3.05, 3.63) is 46.9 Å². The van der Waals surface area contributed by atoms with Gasteiger partial charge in [-0.2, -0.15) is 0 Å². The molecule has 1 aliphatic heterocycles. The minimum absolute atomic E-state index is 0.613. The fourth-order valence-corrected chi connectivity index (χ4v) is 4.79. The van der Waals surface area contributed by atoms with Crippen molar-refractivity contribution >= 4 is 27.4 Å². The second kappa shape index (κ2) is 8.31. The van der Waals surface area contributed by atoms with Crippen LogP contribution in [0.25, 0.3) is 10.2 Å². The Morgan fingerprint density at radius 3 is 2.70 bits per heavy atom. The third-order valence-electron chi connectivity index (χ3n) is 5.31. The van der Waals surface area contributed by atoms with Crippen molar-refractivity contribution < 1.29 is 0 Å². The monoisotopic (exact) mass is 381 g/mol. The summed E-state index contributed by atoms with van der Waals surface area (Å²) in [6.45, 7) is 7.33. The zero-order chi connectivity index (χ0) is 18.6. The van der Waals surface area contributed by atoms with E-state index in [4.69, 9.17) is 4.98 Å². The zero-order valence-corrected chi connectivity index (χ0v) is 16.9. The van der Waals surface area contributed by atoms with Gasteiger partial charge < -0.3 is 10.2 Å². The zero-order valence-electron chi connectivity index (χ0n) is 16.1. The first kappa shape index (κ1) is 18.3. The number of nitrogens with one attached hydrogen (secondary N) is 1. The minimum atomic E-state index is 0.613. The molecular formula is C21H27N5S. The number of aromatic nitrogens is 3. The molecule has 1 N–H and O–H groups in total. The molecule has 0 amide bonds. The average molecular weight is 382 g/mol. The smallest absolute Gasteiger partial charge is 0.150 e. The van der Waals surface area contributed by atoms with Crippen molar-refractivity contribution in [2.75, 3.05) is 24.5 Å². The summed E-state index contributed by atoms with van der Waals surface area (Å²) in [7, 11) is 0. The van der Waals surface area contributed by atoms with E-state index in [-0.39, 0.29) is 0 Å². The summed E-state index contributed by atoms with van der Waals surface area (Å²) in [4.78, 5) is 15.9. The van der Waals surface area contributed by atoms with Gasteiger partial charge in [0.05, 0.1) is 10.2 Å². The first-order valence-electron chi connectivity index (χ1n) is 9.80. The molecule has 3 aromatic rings. The molecule has 0 radical (unpaired) electrons. The fourth-order valence-electron chi connectivity index (χ4n) is 3.78. The van der Waals surface area contributed by atoms with E-state index in [9.17, 15) is 0 Å². The van der Waals surface area contributed by atoms with E-state index in [0.717, 1.165) is 43.2 Å². The Morgan fingerprint density at radius 1 is 1.15 bits per heavy atom. The number of pyridine rings is 1. The molecule has 4 heterocycles. The number of hydrogen-bond acceptors (Lipinski definition) is 6. The molecule has 6 heteroatoms.